The molecule has 1 saturated carbocycles. The van der Waals surface area contributed by atoms with Crippen molar-refractivity contribution in [2.24, 2.45) is 0 Å². The molecular weight excluding hydrogens is 384 g/mol. The van der Waals surface area contributed by atoms with Crippen LogP contribution in [0.1, 0.15) is 62.1 Å². The summed E-state index contributed by atoms with van der Waals surface area (Å²) in [5, 5.41) is 3.24. The summed E-state index contributed by atoms with van der Waals surface area (Å²) < 4.78 is 0. The Hall–Kier alpha value is -2.62. The Kier molecular flexibility index (Phi) is 8.69. The standard InChI is InChI=1S/C27H36N2O2/c1-3-25(27(31)28-24-15-8-5-9-16-24)29(18-17-22-12-6-4-7-13-22)26(30)20-23-14-10-11-21(2)19-23/h4,6-7,10-14,19,24-25H,3,5,8-9,15-18,20H2,1-2H3,(H,28,31). The first kappa shape index (κ1) is 23.1. The maximum Gasteiger partial charge on any atom is 0.243 e. The quantitative estimate of drug-likeness (QED) is 0.631. The predicted octanol–water partition coefficient (Wildman–Crippen LogP) is 4.84. The summed E-state index contributed by atoms with van der Waals surface area (Å²) in [4.78, 5) is 28.4. The molecule has 0 saturated heterocycles. The molecule has 2 aromatic rings. The van der Waals surface area contributed by atoms with Gasteiger partial charge in [-0.1, -0.05) is 86.3 Å². The third kappa shape index (κ3) is 6.95. The van der Waals surface area contributed by atoms with Crippen molar-refractivity contribution in [2.75, 3.05) is 6.54 Å². The number of hydrogen-bond acceptors (Lipinski definition) is 2. The van der Waals surface area contributed by atoms with Crippen LogP contribution in [0.3, 0.4) is 0 Å². The zero-order valence-electron chi connectivity index (χ0n) is 19.0. The minimum absolute atomic E-state index is 0.0000499. The van der Waals surface area contributed by atoms with Gasteiger partial charge in [0.1, 0.15) is 6.04 Å². The lowest BCUT2D eigenvalue weighted by Gasteiger charge is -2.33. The molecule has 1 atom stereocenters. The molecule has 0 radical (unpaired) electrons. The minimum Gasteiger partial charge on any atom is -0.352 e. The fraction of sp³-hybridized carbons (Fsp3) is 0.481. The van der Waals surface area contributed by atoms with E-state index in [0.717, 1.165) is 30.4 Å². The van der Waals surface area contributed by atoms with Crippen molar-refractivity contribution in [2.45, 2.75) is 77.3 Å². The van der Waals surface area contributed by atoms with Crippen LogP contribution >= 0.6 is 0 Å². The van der Waals surface area contributed by atoms with Gasteiger partial charge in [-0.15, -0.1) is 0 Å². The van der Waals surface area contributed by atoms with Crippen molar-refractivity contribution in [3.05, 3.63) is 71.3 Å². The molecule has 0 aromatic heterocycles. The summed E-state index contributed by atoms with van der Waals surface area (Å²) in [6, 6.07) is 18.1. The van der Waals surface area contributed by atoms with Crippen molar-refractivity contribution in [3.63, 3.8) is 0 Å². The highest BCUT2D eigenvalue weighted by Crippen LogP contribution is 2.19. The van der Waals surface area contributed by atoms with E-state index in [0.29, 0.717) is 19.4 Å². The Morgan fingerprint density at radius 1 is 1.00 bits per heavy atom. The van der Waals surface area contributed by atoms with Gasteiger partial charge in [-0.05, 0) is 43.7 Å². The van der Waals surface area contributed by atoms with Crippen LogP contribution in [0.15, 0.2) is 54.6 Å². The zero-order valence-corrected chi connectivity index (χ0v) is 19.0. The van der Waals surface area contributed by atoms with Crippen LogP contribution in [0, 0.1) is 6.92 Å². The smallest absolute Gasteiger partial charge is 0.243 e. The lowest BCUT2D eigenvalue weighted by molar-refractivity contribution is -0.140. The van der Waals surface area contributed by atoms with Gasteiger partial charge in [0.2, 0.25) is 11.8 Å². The Morgan fingerprint density at radius 2 is 1.71 bits per heavy atom. The van der Waals surface area contributed by atoms with Crippen molar-refractivity contribution < 1.29 is 9.59 Å². The molecule has 0 aliphatic heterocycles. The fourth-order valence-electron chi connectivity index (χ4n) is 4.54. The lowest BCUT2D eigenvalue weighted by Crippen LogP contribution is -2.52. The maximum absolute atomic E-state index is 13.4. The first-order valence-electron chi connectivity index (χ1n) is 11.8. The topological polar surface area (TPSA) is 49.4 Å². The van der Waals surface area contributed by atoms with Crippen molar-refractivity contribution in [1.29, 1.82) is 0 Å². The van der Waals surface area contributed by atoms with Crippen LogP contribution in [0.25, 0.3) is 0 Å². The molecule has 4 heteroatoms. The Morgan fingerprint density at radius 3 is 2.39 bits per heavy atom. The van der Waals surface area contributed by atoms with E-state index in [1.54, 1.807) is 0 Å². The number of amides is 2. The molecule has 1 aliphatic carbocycles. The van der Waals surface area contributed by atoms with E-state index < -0.39 is 6.04 Å². The van der Waals surface area contributed by atoms with Crippen LogP contribution in [-0.4, -0.2) is 35.3 Å². The first-order valence-corrected chi connectivity index (χ1v) is 11.8. The Bertz CT molecular complexity index is 843. The molecular formula is C27H36N2O2. The number of hydrogen-bond donors (Lipinski definition) is 1. The van der Waals surface area contributed by atoms with Crippen molar-refractivity contribution in [1.82, 2.24) is 10.2 Å². The van der Waals surface area contributed by atoms with E-state index in [1.165, 1.54) is 24.8 Å². The maximum atomic E-state index is 13.4. The van der Waals surface area contributed by atoms with E-state index in [4.69, 9.17) is 0 Å². The second-order valence-corrected chi connectivity index (χ2v) is 8.76. The van der Waals surface area contributed by atoms with Gasteiger partial charge in [-0.2, -0.15) is 0 Å². The molecule has 1 aliphatic rings. The highest BCUT2D eigenvalue weighted by molar-refractivity contribution is 5.88. The van der Waals surface area contributed by atoms with Crippen molar-refractivity contribution in [3.8, 4) is 0 Å². The summed E-state index contributed by atoms with van der Waals surface area (Å²) in [6.07, 6.45) is 7.37. The summed E-state index contributed by atoms with van der Waals surface area (Å²) >= 11 is 0. The van der Waals surface area contributed by atoms with Gasteiger partial charge in [0.15, 0.2) is 0 Å². The van der Waals surface area contributed by atoms with Crippen LogP contribution in [0.4, 0.5) is 0 Å². The average molecular weight is 421 g/mol. The second kappa shape index (κ2) is 11.7. The van der Waals surface area contributed by atoms with Gasteiger partial charge < -0.3 is 10.2 Å². The molecule has 0 bridgehead atoms. The van der Waals surface area contributed by atoms with Gasteiger partial charge in [-0.3, -0.25) is 9.59 Å². The molecule has 2 amide bonds. The highest BCUT2D eigenvalue weighted by atomic mass is 16.2. The molecule has 1 unspecified atom stereocenters. The normalized spacial score (nSPS) is 15.3. The first-order chi connectivity index (χ1) is 15.1. The van der Waals surface area contributed by atoms with Gasteiger partial charge >= 0.3 is 0 Å². The highest BCUT2D eigenvalue weighted by Gasteiger charge is 2.30. The largest absolute Gasteiger partial charge is 0.352 e. The summed E-state index contributed by atoms with van der Waals surface area (Å²) in [5.74, 6) is 0.0206. The van der Waals surface area contributed by atoms with E-state index in [1.807, 2.05) is 55.1 Å². The number of rotatable bonds is 9. The molecule has 166 valence electrons. The van der Waals surface area contributed by atoms with Gasteiger partial charge in [0.05, 0.1) is 6.42 Å². The summed E-state index contributed by atoms with van der Waals surface area (Å²) in [6.45, 7) is 4.58. The number of carbonyl (C=O) groups is 2. The van der Waals surface area contributed by atoms with Crippen molar-refractivity contribution >= 4 is 11.8 Å². The van der Waals surface area contributed by atoms with Gasteiger partial charge in [0, 0.05) is 12.6 Å². The summed E-state index contributed by atoms with van der Waals surface area (Å²) in [7, 11) is 0. The number of nitrogens with zero attached hydrogens (tertiary/aromatic N) is 1. The third-order valence-electron chi connectivity index (χ3n) is 6.26. The molecule has 1 N–H and O–H groups in total. The summed E-state index contributed by atoms with van der Waals surface area (Å²) in [5.41, 5.74) is 3.32. The Balaban J connectivity index is 1.74. The molecule has 3 rings (SSSR count). The molecule has 0 heterocycles. The second-order valence-electron chi connectivity index (χ2n) is 8.76. The van der Waals surface area contributed by atoms with E-state index in [-0.39, 0.29) is 17.9 Å². The van der Waals surface area contributed by atoms with E-state index in [2.05, 4.69) is 23.5 Å². The molecule has 1 fully saturated rings. The minimum atomic E-state index is -0.428. The van der Waals surface area contributed by atoms with E-state index in [9.17, 15) is 9.59 Å². The number of nitrogens with one attached hydrogen (secondary N) is 1. The predicted molar refractivity (Wildman–Crippen MR) is 126 cm³/mol. The van der Waals surface area contributed by atoms with Gasteiger partial charge in [-0.25, -0.2) is 0 Å². The van der Waals surface area contributed by atoms with Crippen LogP contribution < -0.4 is 5.32 Å². The zero-order chi connectivity index (χ0) is 22.1. The lowest BCUT2D eigenvalue weighted by atomic mass is 9.95. The third-order valence-corrected chi connectivity index (χ3v) is 6.26. The van der Waals surface area contributed by atoms with Crippen LogP contribution in [-0.2, 0) is 22.4 Å². The number of aryl methyl sites for hydroxylation is 1. The molecule has 0 spiro atoms. The average Bonchev–Trinajstić information content (AvgIpc) is 2.78. The number of carbonyl (C=O) groups excluding carboxylic acids is 2. The number of benzene rings is 2. The fourth-order valence-corrected chi connectivity index (χ4v) is 4.54. The van der Waals surface area contributed by atoms with Gasteiger partial charge in [0.25, 0.3) is 0 Å². The van der Waals surface area contributed by atoms with E-state index >= 15 is 0 Å². The van der Waals surface area contributed by atoms with Crippen LogP contribution in [0.2, 0.25) is 0 Å². The molecule has 31 heavy (non-hydrogen) atoms. The SMILES string of the molecule is CCC(C(=O)NC1CCCCC1)N(CCc1ccccc1)C(=O)Cc1cccc(C)c1. The monoisotopic (exact) mass is 420 g/mol. The van der Waals surface area contributed by atoms with Crippen LogP contribution in [0.5, 0.6) is 0 Å². The Labute approximate surface area is 187 Å². The molecule has 2 aromatic carbocycles. The molecule has 4 nitrogen and oxygen atoms in total.